The molecule has 0 aromatic heterocycles. The third-order valence-electron chi connectivity index (χ3n) is 3.92. The van der Waals surface area contributed by atoms with Gasteiger partial charge in [0.15, 0.2) is 11.5 Å². The largest absolute Gasteiger partial charge is 0.494 e. The van der Waals surface area contributed by atoms with E-state index >= 15 is 0 Å². The number of carbonyl (C=O) groups is 1. The second kappa shape index (κ2) is 10.7. The first-order chi connectivity index (χ1) is 13.7. The highest BCUT2D eigenvalue weighted by Gasteiger charge is 2.11. The fourth-order valence-corrected chi connectivity index (χ4v) is 3.35. The molecule has 0 atom stereocenters. The summed E-state index contributed by atoms with van der Waals surface area (Å²) in [4.78, 5) is 13.0. The Kier molecular flexibility index (Phi) is 7.72. The average molecular weight is 404 g/mol. The van der Waals surface area contributed by atoms with Crippen molar-refractivity contribution in [2.75, 3.05) is 38.7 Å². The fourth-order valence-electron chi connectivity index (χ4n) is 2.59. The van der Waals surface area contributed by atoms with Crippen LogP contribution in [0.25, 0.3) is 0 Å². The standard InChI is InChI=1S/C21H25NO5S/c1-2-24-16-4-6-17(7-5-16)25-13-10-22-21(23)15-28-18-8-9-19-20(14-18)27-12-3-11-26-19/h4-9,14H,2-3,10-13,15H2,1H3,(H,22,23). The van der Waals surface area contributed by atoms with Crippen molar-refractivity contribution in [2.24, 2.45) is 0 Å². The van der Waals surface area contributed by atoms with Crippen molar-refractivity contribution in [1.29, 1.82) is 0 Å². The lowest BCUT2D eigenvalue weighted by Gasteiger charge is -2.10. The van der Waals surface area contributed by atoms with Crippen LogP contribution in [0.4, 0.5) is 0 Å². The molecule has 0 fully saturated rings. The lowest BCUT2D eigenvalue weighted by atomic mass is 10.3. The summed E-state index contributed by atoms with van der Waals surface area (Å²) in [5.74, 6) is 3.37. The van der Waals surface area contributed by atoms with Crippen LogP contribution in [0.3, 0.4) is 0 Å². The van der Waals surface area contributed by atoms with Crippen molar-refractivity contribution < 1.29 is 23.7 Å². The quantitative estimate of drug-likeness (QED) is 0.510. The second-order valence-electron chi connectivity index (χ2n) is 6.05. The summed E-state index contributed by atoms with van der Waals surface area (Å²) in [6, 6.07) is 13.2. The first-order valence-corrected chi connectivity index (χ1v) is 10.4. The van der Waals surface area contributed by atoms with Crippen LogP contribution in [0.1, 0.15) is 13.3 Å². The van der Waals surface area contributed by atoms with Crippen molar-refractivity contribution in [1.82, 2.24) is 5.32 Å². The maximum absolute atomic E-state index is 12.0. The Labute approximate surface area is 169 Å². The Morgan fingerprint density at radius 2 is 1.75 bits per heavy atom. The van der Waals surface area contributed by atoms with Crippen LogP contribution in [0.15, 0.2) is 47.4 Å². The number of carbonyl (C=O) groups excluding carboxylic acids is 1. The van der Waals surface area contributed by atoms with E-state index in [9.17, 15) is 4.79 Å². The minimum Gasteiger partial charge on any atom is -0.494 e. The molecule has 2 aromatic carbocycles. The van der Waals surface area contributed by atoms with Crippen molar-refractivity contribution in [3.8, 4) is 23.0 Å². The zero-order chi connectivity index (χ0) is 19.6. The molecule has 7 heteroatoms. The molecular formula is C21H25NO5S. The predicted octanol–water partition coefficient (Wildman–Crippen LogP) is 3.53. The number of fused-ring (bicyclic) bond motifs is 1. The van der Waals surface area contributed by atoms with Gasteiger partial charge in [0, 0.05) is 11.3 Å². The van der Waals surface area contributed by atoms with Gasteiger partial charge in [-0.05, 0) is 49.4 Å². The van der Waals surface area contributed by atoms with Crippen LogP contribution in [-0.2, 0) is 4.79 Å². The average Bonchev–Trinajstić information content (AvgIpc) is 2.96. The van der Waals surface area contributed by atoms with E-state index in [1.54, 1.807) is 0 Å². The van der Waals surface area contributed by atoms with E-state index < -0.39 is 0 Å². The molecule has 0 spiro atoms. The molecule has 28 heavy (non-hydrogen) atoms. The Hall–Kier alpha value is -2.54. The molecule has 1 N–H and O–H groups in total. The molecule has 0 saturated carbocycles. The number of nitrogens with one attached hydrogen (secondary N) is 1. The molecule has 0 unspecified atom stereocenters. The Morgan fingerprint density at radius 3 is 2.50 bits per heavy atom. The van der Waals surface area contributed by atoms with E-state index in [1.165, 1.54) is 11.8 Å². The van der Waals surface area contributed by atoms with Gasteiger partial charge in [-0.3, -0.25) is 4.79 Å². The molecule has 6 nitrogen and oxygen atoms in total. The Bertz CT molecular complexity index is 766. The molecule has 1 amide bonds. The van der Waals surface area contributed by atoms with Crippen molar-refractivity contribution in [3.05, 3.63) is 42.5 Å². The van der Waals surface area contributed by atoms with Crippen LogP contribution in [0, 0.1) is 0 Å². The van der Waals surface area contributed by atoms with Gasteiger partial charge in [0.1, 0.15) is 18.1 Å². The number of rotatable bonds is 9. The van der Waals surface area contributed by atoms with E-state index in [0.29, 0.717) is 38.7 Å². The highest BCUT2D eigenvalue weighted by Crippen LogP contribution is 2.33. The Morgan fingerprint density at radius 1 is 1.04 bits per heavy atom. The molecule has 150 valence electrons. The van der Waals surface area contributed by atoms with Crippen molar-refractivity contribution in [3.63, 3.8) is 0 Å². The molecule has 0 saturated heterocycles. The van der Waals surface area contributed by atoms with Crippen LogP contribution in [-0.4, -0.2) is 44.6 Å². The molecule has 1 aliphatic heterocycles. The minimum absolute atomic E-state index is 0.0348. The van der Waals surface area contributed by atoms with Gasteiger partial charge in [0.05, 0.1) is 32.1 Å². The number of thioether (sulfide) groups is 1. The number of hydrogen-bond acceptors (Lipinski definition) is 6. The van der Waals surface area contributed by atoms with Gasteiger partial charge in [-0.2, -0.15) is 0 Å². The summed E-state index contributed by atoms with van der Waals surface area (Å²) in [6.07, 6.45) is 0.873. The molecular weight excluding hydrogens is 378 g/mol. The maximum atomic E-state index is 12.0. The molecule has 2 aromatic rings. The monoisotopic (exact) mass is 403 g/mol. The van der Waals surface area contributed by atoms with Crippen LogP contribution < -0.4 is 24.3 Å². The van der Waals surface area contributed by atoms with Crippen molar-refractivity contribution in [2.45, 2.75) is 18.2 Å². The third-order valence-corrected chi connectivity index (χ3v) is 4.91. The number of hydrogen-bond donors (Lipinski definition) is 1. The lowest BCUT2D eigenvalue weighted by molar-refractivity contribution is -0.118. The van der Waals surface area contributed by atoms with Crippen molar-refractivity contribution >= 4 is 17.7 Å². The van der Waals surface area contributed by atoms with E-state index in [0.717, 1.165) is 34.3 Å². The van der Waals surface area contributed by atoms with Crippen LogP contribution >= 0.6 is 11.8 Å². The molecule has 1 heterocycles. The molecule has 3 rings (SSSR count). The first-order valence-electron chi connectivity index (χ1n) is 9.39. The fraction of sp³-hybridized carbons (Fsp3) is 0.381. The zero-order valence-corrected chi connectivity index (χ0v) is 16.8. The summed E-state index contributed by atoms with van der Waals surface area (Å²) >= 11 is 1.47. The van der Waals surface area contributed by atoms with Crippen LogP contribution in [0.5, 0.6) is 23.0 Å². The molecule has 0 bridgehead atoms. The summed E-state index contributed by atoms with van der Waals surface area (Å²) in [5.41, 5.74) is 0. The van der Waals surface area contributed by atoms with Gasteiger partial charge in [0.25, 0.3) is 0 Å². The lowest BCUT2D eigenvalue weighted by Crippen LogP contribution is -2.29. The highest BCUT2D eigenvalue weighted by molar-refractivity contribution is 8.00. The molecule has 0 aliphatic carbocycles. The third kappa shape index (κ3) is 6.27. The van der Waals surface area contributed by atoms with E-state index in [-0.39, 0.29) is 5.91 Å². The maximum Gasteiger partial charge on any atom is 0.230 e. The normalized spacial score (nSPS) is 12.8. The summed E-state index contributed by atoms with van der Waals surface area (Å²) < 4.78 is 22.3. The zero-order valence-electron chi connectivity index (χ0n) is 15.9. The SMILES string of the molecule is CCOc1ccc(OCCNC(=O)CSc2ccc3c(c2)OCCCO3)cc1. The van der Waals surface area contributed by atoms with Gasteiger partial charge in [-0.25, -0.2) is 0 Å². The van der Waals surface area contributed by atoms with E-state index in [2.05, 4.69) is 5.32 Å². The smallest absolute Gasteiger partial charge is 0.230 e. The van der Waals surface area contributed by atoms with Gasteiger partial charge in [-0.15, -0.1) is 11.8 Å². The molecule has 0 radical (unpaired) electrons. The van der Waals surface area contributed by atoms with Gasteiger partial charge < -0.3 is 24.3 Å². The Balaban J connectivity index is 1.35. The predicted molar refractivity (Wildman–Crippen MR) is 109 cm³/mol. The molecule has 1 aliphatic rings. The number of amides is 1. The summed E-state index contributed by atoms with van der Waals surface area (Å²) in [6.45, 7) is 4.76. The summed E-state index contributed by atoms with van der Waals surface area (Å²) in [7, 11) is 0. The van der Waals surface area contributed by atoms with Gasteiger partial charge in [0.2, 0.25) is 5.91 Å². The van der Waals surface area contributed by atoms with Gasteiger partial charge >= 0.3 is 0 Å². The first kappa shape index (κ1) is 20.2. The van der Waals surface area contributed by atoms with Gasteiger partial charge in [-0.1, -0.05) is 0 Å². The second-order valence-corrected chi connectivity index (χ2v) is 7.10. The highest BCUT2D eigenvalue weighted by atomic mass is 32.2. The minimum atomic E-state index is -0.0348. The number of benzene rings is 2. The van der Waals surface area contributed by atoms with E-state index in [1.807, 2.05) is 49.4 Å². The summed E-state index contributed by atoms with van der Waals surface area (Å²) in [5, 5.41) is 2.86. The van der Waals surface area contributed by atoms with E-state index in [4.69, 9.17) is 18.9 Å². The van der Waals surface area contributed by atoms with Crippen LogP contribution in [0.2, 0.25) is 0 Å². The number of ether oxygens (including phenoxy) is 4. The topological polar surface area (TPSA) is 66.0 Å².